The molecule has 0 aromatic heterocycles. The van der Waals surface area contributed by atoms with Crippen molar-refractivity contribution in [1.82, 2.24) is 0 Å². The van der Waals surface area contributed by atoms with Gasteiger partial charge in [-0.05, 0) is 122 Å². The lowest BCUT2D eigenvalue weighted by atomic mass is 10.0. The monoisotopic (exact) mass is 1100 g/mol. The summed E-state index contributed by atoms with van der Waals surface area (Å²) in [4.78, 5) is 38.4. The van der Waals surface area contributed by atoms with E-state index < -0.39 is 6.10 Å². The number of ether oxygens (including phenoxy) is 3. The first kappa shape index (κ1) is 75.3. The van der Waals surface area contributed by atoms with Gasteiger partial charge in [0, 0.05) is 19.3 Å². The summed E-state index contributed by atoms with van der Waals surface area (Å²) in [6.45, 7) is 6.51. The van der Waals surface area contributed by atoms with E-state index in [4.69, 9.17) is 14.2 Å². The number of hydrogen-bond acceptors (Lipinski definition) is 6. The Morgan fingerprint density at radius 1 is 0.266 bits per heavy atom. The lowest BCUT2D eigenvalue weighted by Gasteiger charge is -2.18. The highest BCUT2D eigenvalue weighted by Crippen LogP contribution is 2.16. The Balaban J connectivity index is 4.35. The van der Waals surface area contributed by atoms with E-state index in [0.29, 0.717) is 19.3 Å². The molecule has 0 spiro atoms. The first-order valence-corrected chi connectivity index (χ1v) is 33.7. The number of carbonyl (C=O) groups excluding carboxylic acids is 3. The lowest BCUT2D eigenvalue weighted by Crippen LogP contribution is -2.30. The Hall–Kier alpha value is -3.67. The van der Waals surface area contributed by atoms with Gasteiger partial charge < -0.3 is 14.2 Å². The smallest absolute Gasteiger partial charge is 0.306 e. The van der Waals surface area contributed by atoms with Gasteiger partial charge in [0.05, 0.1) is 0 Å². The van der Waals surface area contributed by atoms with Gasteiger partial charge in [-0.3, -0.25) is 14.4 Å². The second-order valence-electron chi connectivity index (χ2n) is 22.3. The quantitative estimate of drug-likeness (QED) is 0.0261. The maximum absolute atomic E-state index is 12.9. The first-order valence-electron chi connectivity index (χ1n) is 33.7. The molecule has 454 valence electrons. The van der Waals surface area contributed by atoms with Crippen LogP contribution in [-0.2, 0) is 28.6 Å². The van der Waals surface area contributed by atoms with E-state index in [1.807, 2.05) is 0 Å². The molecule has 0 rings (SSSR count). The van der Waals surface area contributed by atoms with Gasteiger partial charge in [-0.15, -0.1) is 0 Å². The molecule has 1 unspecified atom stereocenters. The molecule has 0 aromatic carbocycles. The van der Waals surface area contributed by atoms with Crippen molar-refractivity contribution in [3.05, 3.63) is 97.2 Å². The van der Waals surface area contributed by atoms with E-state index in [1.165, 1.54) is 180 Å². The third-order valence-electron chi connectivity index (χ3n) is 14.5. The van der Waals surface area contributed by atoms with Crippen LogP contribution in [0.2, 0.25) is 0 Å². The molecule has 0 aliphatic rings. The van der Waals surface area contributed by atoms with Crippen LogP contribution in [0.5, 0.6) is 0 Å². The zero-order valence-corrected chi connectivity index (χ0v) is 52.1. The van der Waals surface area contributed by atoms with Gasteiger partial charge in [0.15, 0.2) is 6.10 Å². The average Bonchev–Trinajstić information content (AvgIpc) is 3.45. The predicted octanol–water partition coefficient (Wildman–Crippen LogP) is 23.2. The minimum absolute atomic E-state index is 0.0836. The summed E-state index contributed by atoms with van der Waals surface area (Å²) in [6.07, 6.45) is 89.8. The third-order valence-corrected chi connectivity index (χ3v) is 14.5. The second kappa shape index (κ2) is 66.8. The zero-order valence-electron chi connectivity index (χ0n) is 52.1. The number of rotatable bonds is 61. The van der Waals surface area contributed by atoms with E-state index in [2.05, 4.69) is 118 Å². The van der Waals surface area contributed by atoms with Gasteiger partial charge in [0.25, 0.3) is 0 Å². The first-order chi connectivity index (χ1) is 39.0. The molecular weight excluding hydrogens is 973 g/mol. The summed E-state index contributed by atoms with van der Waals surface area (Å²) in [5.41, 5.74) is 0. The van der Waals surface area contributed by atoms with Crippen LogP contribution in [0.4, 0.5) is 0 Å². The van der Waals surface area contributed by atoms with Crippen molar-refractivity contribution >= 4 is 17.9 Å². The Bertz CT molecular complexity index is 1540. The summed E-state index contributed by atoms with van der Waals surface area (Å²) in [7, 11) is 0. The molecule has 6 heteroatoms. The van der Waals surface area contributed by atoms with Crippen molar-refractivity contribution in [2.75, 3.05) is 13.2 Å². The maximum Gasteiger partial charge on any atom is 0.306 e. The highest BCUT2D eigenvalue weighted by molar-refractivity contribution is 5.71. The second-order valence-corrected chi connectivity index (χ2v) is 22.3. The molecule has 0 heterocycles. The van der Waals surface area contributed by atoms with Gasteiger partial charge in [0.1, 0.15) is 13.2 Å². The molecule has 0 saturated carbocycles. The molecule has 0 bridgehead atoms. The minimum atomic E-state index is -0.789. The van der Waals surface area contributed by atoms with E-state index >= 15 is 0 Å². The van der Waals surface area contributed by atoms with Gasteiger partial charge >= 0.3 is 17.9 Å². The summed E-state index contributed by atoms with van der Waals surface area (Å²) in [6, 6.07) is 0. The van der Waals surface area contributed by atoms with Crippen LogP contribution in [0.15, 0.2) is 97.2 Å². The highest BCUT2D eigenvalue weighted by atomic mass is 16.6. The standard InChI is InChI=1S/C73H126O6/c1-4-7-10-13-16-19-22-25-28-30-32-34-35-36-37-39-40-42-45-48-51-54-57-60-63-66-72(75)78-69-70(68-77-71(74)65-62-59-56-53-50-47-44-27-24-21-18-15-12-9-6-3)79-73(76)67-64-61-58-55-52-49-46-43-41-38-33-31-29-26-23-20-17-14-11-8-5-2/h7,10,16,18-19,21,23,25-28,31-34,44,70H,4-6,8-9,11-15,17,20,22,24,29-30,35-43,45-69H2,1-3H3/b10-7-,19-16-,21-18-,26-23-,28-25-,33-31-,34-32-,44-27-. The van der Waals surface area contributed by atoms with Crippen molar-refractivity contribution in [2.24, 2.45) is 0 Å². The van der Waals surface area contributed by atoms with Crippen molar-refractivity contribution in [1.29, 1.82) is 0 Å². The molecule has 0 aromatic rings. The van der Waals surface area contributed by atoms with Crippen LogP contribution >= 0.6 is 0 Å². The van der Waals surface area contributed by atoms with Gasteiger partial charge in [-0.25, -0.2) is 0 Å². The van der Waals surface area contributed by atoms with Crippen LogP contribution in [-0.4, -0.2) is 37.2 Å². The van der Waals surface area contributed by atoms with Crippen molar-refractivity contribution < 1.29 is 28.6 Å². The molecule has 0 N–H and O–H groups in total. The maximum atomic E-state index is 12.9. The number of unbranched alkanes of at least 4 members (excludes halogenated alkanes) is 34. The molecule has 1 atom stereocenters. The molecular formula is C73H126O6. The minimum Gasteiger partial charge on any atom is -0.462 e. The number of carbonyl (C=O) groups is 3. The van der Waals surface area contributed by atoms with E-state index in [-0.39, 0.29) is 31.1 Å². The zero-order chi connectivity index (χ0) is 57.1. The van der Waals surface area contributed by atoms with Crippen molar-refractivity contribution in [3.63, 3.8) is 0 Å². The van der Waals surface area contributed by atoms with Crippen molar-refractivity contribution in [2.45, 2.75) is 335 Å². The summed E-state index contributed by atoms with van der Waals surface area (Å²) < 4.78 is 17.0. The Morgan fingerprint density at radius 2 is 0.494 bits per heavy atom. The highest BCUT2D eigenvalue weighted by Gasteiger charge is 2.19. The predicted molar refractivity (Wildman–Crippen MR) is 344 cm³/mol. The lowest BCUT2D eigenvalue weighted by molar-refractivity contribution is -0.167. The average molecular weight is 1100 g/mol. The Morgan fingerprint density at radius 3 is 0.797 bits per heavy atom. The molecule has 79 heavy (non-hydrogen) atoms. The van der Waals surface area contributed by atoms with Crippen LogP contribution in [0.3, 0.4) is 0 Å². The van der Waals surface area contributed by atoms with E-state index in [9.17, 15) is 14.4 Å². The topological polar surface area (TPSA) is 78.9 Å². The third kappa shape index (κ3) is 65.0. The normalized spacial score (nSPS) is 12.7. The fourth-order valence-corrected chi connectivity index (χ4v) is 9.50. The number of hydrogen-bond donors (Lipinski definition) is 0. The van der Waals surface area contributed by atoms with Crippen LogP contribution in [0.25, 0.3) is 0 Å². The number of esters is 3. The van der Waals surface area contributed by atoms with Gasteiger partial charge in [-0.1, -0.05) is 285 Å². The SMILES string of the molecule is CC/C=C\C/C=C\C/C=C\C/C=C\CCCCCCCCCCCCCCC(=O)OCC(COC(=O)CCCCCCC/C=C\C/C=C\CCCCC)OC(=O)CCCCCCCCCCC/C=C\C/C=C\CCCCCCC. The van der Waals surface area contributed by atoms with Crippen LogP contribution in [0, 0.1) is 0 Å². The van der Waals surface area contributed by atoms with Crippen LogP contribution < -0.4 is 0 Å². The van der Waals surface area contributed by atoms with Crippen LogP contribution in [0.1, 0.15) is 329 Å². The summed E-state index contributed by atoms with van der Waals surface area (Å²) in [5, 5.41) is 0. The molecule has 0 saturated heterocycles. The van der Waals surface area contributed by atoms with Crippen molar-refractivity contribution in [3.8, 4) is 0 Å². The van der Waals surface area contributed by atoms with E-state index in [1.54, 1.807) is 0 Å². The molecule has 0 radical (unpaired) electrons. The number of allylic oxidation sites excluding steroid dienone is 16. The summed E-state index contributed by atoms with van der Waals surface area (Å²) >= 11 is 0. The van der Waals surface area contributed by atoms with Gasteiger partial charge in [0.2, 0.25) is 0 Å². The van der Waals surface area contributed by atoms with E-state index in [0.717, 1.165) is 109 Å². The Kier molecular flexibility index (Phi) is 63.7. The largest absolute Gasteiger partial charge is 0.462 e. The summed E-state index contributed by atoms with van der Waals surface area (Å²) in [5.74, 6) is -0.891. The fraction of sp³-hybridized carbons (Fsp3) is 0.740. The molecule has 6 nitrogen and oxygen atoms in total. The molecule has 0 aliphatic carbocycles. The molecule has 0 aliphatic heterocycles. The molecule has 0 fully saturated rings. The fourth-order valence-electron chi connectivity index (χ4n) is 9.50. The van der Waals surface area contributed by atoms with Gasteiger partial charge in [-0.2, -0.15) is 0 Å². The molecule has 0 amide bonds. The Labute approximate surface area is 489 Å².